The summed E-state index contributed by atoms with van der Waals surface area (Å²) in [5.41, 5.74) is 1.16. The highest BCUT2D eigenvalue weighted by Crippen LogP contribution is 2.43. The zero-order valence-corrected chi connectivity index (χ0v) is 18.5. The Morgan fingerprint density at radius 3 is 2.66 bits per heavy atom. The lowest BCUT2D eigenvalue weighted by Gasteiger charge is -2.48. The van der Waals surface area contributed by atoms with Crippen LogP contribution in [0.3, 0.4) is 0 Å². The summed E-state index contributed by atoms with van der Waals surface area (Å²) < 4.78 is 10.6. The number of carbonyl (C=O) groups is 3. The Hall–Kier alpha value is -3.55. The molecule has 1 saturated heterocycles. The topological polar surface area (TPSA) is 88.2 Å². The summed E-state index contributed by atoms with van der Waals surface area (Å²) in [5, 5.41) is 2.89. The number of hydrogen-bond acceptors (Lipinski definition) is 5. The van der Waals surface area contributed by atoms with Crippen molar-refractivity contribution in [1.29, 1.82) is 0 Å². The first kappa shape index (κ1) is 21.7. The third kappa shape index (κ3) is 3.66. The van der Waals surface area contributed by atoms with E-state index in [1.807, 2.05) is 19.1 Å². The van der Waals surface area contributed by atoms with E-state index in [2.05, 4.69) is 5.32 Å². The molecule has 0 spiro atoms. The first-order valence-corrected chi connectivity index (χ1v) is 10.6. The zero-order chi connectivity index (χ0) is 22.9. The number of ether oxygens (including phenoxy) is 2. The molecule has 0 aromatic heterocycles. The largest absolute Gasteiger partial charge is 0.497 e. The zero-order valence-electron chi connectivity index (χ0n) is 18.5. The van der Waals surface area contributed by atoms with Crippen LogP contribution in [0.5, 0.6) is 11.5 Å². The van der Waals surface area contributed by atoms with Gasteiger partial charge in [0.1, 0.15) is 17.2 Å². The normalized spacial score (nSPS) is 19.5. The van der Waals surface area contributed by atoms with Gasteiger partial charge in [0.15, 0.2) is 0 Å². The van der Waals surface area contributed by atoms with Crippen molar-refractivity contribution in [2.24, 2.45) is 0 Å². The smallest absolute Gasteiger partial charge is 0.257 e. The molecular weight excluding hydrogens is 410 g/mol. The van der Waals surface area contributed by atoms with Gasteiger partial charge < -0.3 is 19.7 Å². The maximum atomic E-state index is 13.2. The van der Waals surface area contributed by atoms with Gasteiger partial charge >= 0.3 is 0 Å². The molecule has 4 rings (SSSR count). The van der Waals surface area contributed by atoms with Gasteiger partial charge in [-0.1, -0.05) is 12.1 Å². The molecular formula is C24H27N3O5. The molecule has 8 nitrogen and oxygen atoms in total. The summed E-state index contributed by atoms with van der Waals surface area (Å²) in [5.74, 6) is 0.970. The molecule has 32 heavy (non-hydrogen) atoms. The summed E-state index contributed by atoms with van der Waals surface area (Å²) in [6.45, 7) is 2.39. The van der Waals surface area contributed by atoms with Crippen molar-refractivity contribution in [2.45, 2.75) is 38.4 Å². The van der Waals surface area contributed by atoms with Crippen molar-refractivity contribution in [3.05, 3.63) is 53.6 Å². The highest BCUT2D eigenvalue weighted by Gasteiger charge is 2.52. The minimum atomic E-state index is -0.765. The monoisotopic (exact) mass is 437 g/mol. The van der Waals surface area contributed by atoms with Gasteiger partial charge in [0.2, 0.25) is 11.8 Å². The fourth-order valence-electron chi connectivity index (χ4n) is 4.56. The molecule has 2 aliphatic heterocycles. The Morgan fingerprint density at radius 2 is 1.91 bits per heavy atom. The second kappa shape index (κ2) is 8.53. The molecule has 3 amide bonds. The van der Waals surface area contributed by atoms with Gasteiger partial charge in [0.05, 0.1) is 25.5 Å². The molecule has 1 unspecified atom stereocenters. The lowest BCUT2D eigenvalue weighted by Crippen LogP contribution is -2.62. The van der Waals surface area contributed by atoms with Gasteiger partial charge in [-0.2, -0.15) is 0 Å². The van der Waals surface area contributed by atoms with Crippen molar-refractivity contribution in [3.8, 4) is 11.5 Å². The van der Waals surface area contributed by atoms with Crippen LogP contribution in [-0.4, -0.2) is 49.0 Å². The molecule has 2 aromatic carbocycles. The molecule has 8 heteroatoms. The number of carbonyl (C=O) groups excluding carboxylic acids is 3. The van der Waals surface area contributed by atoms with Gasteiger partial charge in [0.25, 0.3) is 5.91 Å². The van der Waals surface area contributed by atoms with Gasteiger partial charge in [-0.25, -0.2) is 0 Å². The Balaban J connectivity index is 1.46. The van der Waals surface area contributed by atoms with E-state index in [9.17, 15) is 14.4 Å². The number of fused-ring (bicyclic) bond motifs is 3. The van der Waals surface area contributed by atoms with Crippen molar-refractivity contribution >= 4 is 23.4 Å². The van der Waals surface area contributed by atoms with E-state index in [1.54, 1.807) is 54.4 Å². The average molecular weight is 437 g/mol. The van der Waals surface area contributed by atoms with Crippen LogP contribution < -0.4 is 19.7 Å². The standard InChI is InChI=1S/C24H27N3O5/c1-24-12-10-22(29)27(24)19-7-5-4-6-18(19)23(30)26(24)13-11-21(28)25-15-16-14-17(31-2)8-9-20(16)32-3/h4-9,14H,10-13,15H2,1-3H3,(H,25,28). The number of nitrogens with one attached hydrogen (secondary N) is 1. The third-order valence-corrected chi connectivity index (χ3v) is 6.27. The number of amides is 3. The molecule has 0 aliphatic carbocycles. The summed E-state index contributed by atoms with van der Waals surface area (Å²) in [7, 11) is 3.15. The summed E-state index contributed by atoms with van der Waals surface area (Å²) >= 11 is 0. The van der Waals surface area contributed by atoms with E-state index in [0.717, 1.165) is 5.56 Å². The van der Waals surface area contributed by atoms with Crippen molar-refractivity contribution < 1.29 is 23.9 Å². The van der Waals surface area contributed by atoms with Crippen LogP contribution in [0.15, 0.2) is 42.5 Å². The predicted molar refractivity (Wildman–Crippen MR) is 119 cm³/mol. The van der Waals surface area contributed by atoms with E-state index in [4.69, 9.17) is 9.47 Å². The fraction of sp³-hybridized carbons (Fsp3) is 0.375. The summed E-state index contributed by atoms with van der Waals surface area (Å²) in [4.78, 5) is 41.9. The van der Waals surface area contributed by atoms with Crippen LogP contribution in [0.4, 0.5) is 5.69 Å². The van der Waals surface area contributed by atoms with E-state index in [-0.39, 0.29) is 37.2 Å². The lowest BCUT2D eigenvalue weighted by atomic mass is 9.98. The van der Waals surface area contributed by atoms with Crippen LogP contribution in [0.2, 0.25) is 0 Å². The van der Waals surface area contributed by atoms with E-state index in [1.165, 1.54) is 0 Å². The first-order chi connectivity index (χ1) is 15.4. The predicted octanol–water partition coefficient (Wildman–Crippen LogP) is 2.71. The molecule has 168 valence electrons. The van der Waals surface area contributed by atoms with Gasteiger partial charge in [0, 0.05) is 31.5 Å². The molecule has 0 radical (unpaired) electrons. The van der Waals surface area contributed by atoms with Crippen LogP contribution in [0, 0.1) is 0 Å². The Kier molecular flexibility index (Phi) is 5.78. The van der Waals surface area contributed by atoms with E-state index in [0.29, 0.717) is 35.6 Å². The summed E-state index contributed by atoms with van der Waals surface area (Å²) in [6.07, 6.45) is 1.03. The first-order valence-electron chi connectivity index (χ1n) is 10.6. The SMILES string of the molecule is COc1ccc(OC)c(CNC(=O)CCN2C(=O)c3ccccc3N3C(=O)CCC23C)c1. The second-order valence-corrected chi connectivity index (χ2v) is 8.12. The highest BCUT2D eigenvalue weighted by molar-refractivity contribution is 6.10. The van der Waals surface area contributed by atoms with Crippen molar-refractivity contribution in [3.63, 3.8) is 0 Å². The Bertz CT molecular complexity index is 1070. The minimum absolute atomic E-state index is 0.00739. The molecule has 2 aromatic rings. The van der Waals surface area contributed by atoms with Crippen LogP contribution >= 0.6 is 0 Å². The summed E-state index contributed by atoms with van der Waals surface area (Å²) in [6, 6.07) is 12.5. The van der Waals surface area contributed by atoms with Gasteiger partial charge in [-0.15, -0.1) is 0 Å². The maximum absolute atomic E-state index is 13.2. The maximum Gasteiger partial charge on any atom is 0.257 e. The molecule has 2 heterocycles. The number of nitrogens with zero attached hydrogens (tertiary/aromatic N) is 2. The lowest BCUT2D eigenvalue weighted by molar-refractivity contribution is -0.121. The highest BCUT2D eigenvalue weighted by atomic mass is 16.5. The van der Waals surface area contributed by atoms with Crippen LogP contribution in [0.25, 0.3) is 0 Å². The van der Waals surface area contributed by atoms with E-state index < -0.39 is 5.66 Å². The van der Waals surface area contributed by atoms with Gasteiger partial charge in [-0.05, 0) is 43.7 Å². The molecule has 1 fully saturated rings. The van der Waals surface area contributed by atoms with Crippen LogP contribution in [0.1, 0.15) is 42.1 Å². The fourth-order valence-corrected chi connectivity index (χ4v) is 4.56. The second-order valence-electron chi connectivity index (χ2n) is 8.12. The average Bonchev–Trinajstić information content (AvgIpc) is 3.12. The number of hydrogen-bond donors (Lipinski definition) is 1. The molecule has 2 aliphatic rings. The quantitative estimate of drug-likeness (QED) is 0.720. The molecule has 0 saturated carbocycles. The Morgan fingerprint density at radius 1 is 1.12 bits per heavy atom. The molecule has 1 N–H and O–H groups in total. The van der Waals surface area contributed by atoms with Crippen LogP contribution in [-0.2, 0) is 16.1 Å². The number of benzene rings is 2. The van der Waals surface area contributed by atoms with Gasteiger partial charge in [-0.3, -0.25) is 19.3 Å². The number of rotatable bonds is 7. The van der Waals surface area contributed by atoms with Crippen molar-refractivity contribution in [2.75, 3.05) is 25.7 Å². The number of methoxy groups -OCH3 is 2. The Labute approximate surface area is 187 Å². The molecule has 1 atom stereocenters. The number of anilines is 1. The van der Waals surface area contributed by atoms with E-state index >= 15 is 0 Å². The third-order valence-electron chi connectivity index (χ3n) is 6.27. The molecule has 0 bridgehead atoms. The number of para-hydroxylation sites is 1. The minimum Gasteiger partial charge on any atom is -0.497 e. The van der Waals surface area contributed by atoms with Crippen molar-refractivity contribution in [1.82, 2.24) is 10.2 Å².